The normalized spacial score (nSPS) is 12.2. The fourth-order valence-corrected chi connectivity index (χ4v) is 3.56. The van der Waals surface area contributed by atoms with Gasteiger partial charge in [0.05, 0.1) is 12.3 Å². The minimum atomic E-state index is -0.574. The van der Waals surface area contributed by atoms with Crippen molar-refractivity contribution < 1.29 is 13.9 Å². The standard InChI is InChI=1S/C22H33N3O4/c1-8-9-14(2)19-12-15(3)20(22(27)29-19)21(26)25(10-11-28-7)13-18-16(4)23-24(6)17(18)5/h12,14H,8-11,13H2,1-7H3. The maximum absolute atomic E-state index is 13.3. The first-order valence-corrected chi connectivity index (χ1v) is 10.1. The van der Waals surface area contributed by atoms with Crippen LogP contribution < -0.4 is 5.63 Å². The van der Waals surface area contributed by atoms with Crippen molar-refractivity contribution in [3.8, 4) is 0 Å². The van der Waals surface area contributed by atoms with Gasteiger partial charge in [-0.2, -0.15) is 5.10 Å². The van der Waals surface area contributed by atoms with Crippen LogP contribution in [0.25, 0.3) is 0 Å². The molecule has 160 valence electrons. The zero-order valence-corrected chi connectivity index (χ0v) is 18.7. The third-order valence-corrected chi connectivity index (χ3v) is 5.45. The number of hydrogen-bond acceptors (Lipinski definition) is 5. The molecule has 1 atom stereocenters. The summed E-state index contributed by atoms with van der Waals surface area (Å²) in [5, 5.41) is 4.43. The van der Waals surface area contributed by atoms with E-state index in [1.54, 1.807) is 23.6 Å². The third kappa shape index (κ3) is 5.15. The average molecular weight is 404 g/mol. The molecule has 29 heavy (non-hydrogen) atoms. The van der Waals surface area contributed by atoms with Crippen molar-refractivity contribution in [2.24, 2.45) is 7.05 Å². The van der Waals surface area contributed by atoms with E-state index in [1.807, 2.05) is 33.9 Å². The SMILES string of the molecule is CCCC(C)c1cc(C)c(C(=O)N(CCOC)Cc2c(C)nn(C)c2C)c(=O)o1. The number of carbonyl (C=O) groups excluding carboxylic acids is 1. The van der Waals surface area contributed by atoms with E-state index < -0.39 is 5.63 Å². The molecule has 1 amide bonds. The van der Waals surface area contributed by atoms with E-state index >= 15 is 0 Å². The molecule has 0 aliphatic rings. The van der Waals surface area contributed by atoms with E-state index in [2.05, 4.69) is 12.0 Å². The van der Waals surface area contributed by atoms with Gasteiger partial charge in [-0.25, -0.2) is 4.79 Å². The van der Waals surface area contributed by atoms with Gasteiger partial charge in [0.1, 0.15) is 11.3 Å². The smallest absolute Gasteiger partial charge is 0.349 e. The molecule has 0 aromatic carbocycles. The fraction of sp³-hybridized carbons (Fsp3) is 0.591. The number of aromatic nitrogens is 2. The van der Waals surface area contributed by atoms with Crippen molar-refractivity contribution in [3.63, 3.8) is 0 Å². The first-order valence-electron chi connectivity index (χ1n) is 10.1. The van der Waals surface area contributed by atoms with Gasteiger partial charge in [-0.05, 0) is 38.8 Å². The van der Waals surface area contributed by atoms with Crippen LogP contribution in [0.1, 0.15) is 71.2 Å². The van der Waals surface area contributed by atoms with Gasteiger partial charge >= 0.3 is 5.63 Å². The summed E-state index contributed by atoms with van der Waals surface area (Å²) in [5.74, 6) is 0.430. The maximum atomic E-state index is 13.3. The minimum Gasteiger partial charge on any atom is -0.427 e. The molecule has 0 radical (unpaired) electrons. The molecule has 0 aliphatic carbocycles. The first kappa shape index (κ1) is 22.9. The highest BCUT2D eigenvalue weighted by Crippen LogP contribution is 2.22. The van der Waals surface area contributed by atoms with Gasteiger partial charge < -0.3 is 14.1 Å². The lowest BCUT2D eigenvalue weighted by atomic mass is 10.00. The highest BCUT2D eigenvalue weighted by atomic mass is 16.5. The number of nitrogens with zero attached hydrogens (tertiary/aromatic N) is 3. The lowest BCUT2D eigenvalue weighted by Gasteiger charge is -2.23. The van der Waals surface area contributed by atoms with Gasteiger partial charge in [0, 0.05) is 44.4 Å². The Balaban J connectivity index is 2.39. The van der Waals surface area contributed by atoms with Crippen LogP contribution in [-0.2, 0) is 18.3 Å². The molecular weight excluding hydrogens is 370 g/mol. The second-order valence-electron chi connectivity index (χ2n) is 7.68. The van der Waals surface area contributed by atoms with Crippen molar-refractivity contribution in [1.29, 1.82) is 0 Å². The zero-order chi connectivity index (χ0) is 21.7. The first-order chi connectivity index (χ1) is 13.7. The molecule has 0 N–H and O–H groups in total. The molecule has 0 fully saturated rings. The number of amides is 1. The van der Waals surface area contributed by atoms with Crippen LogP contribution in [0, 0.1) is 20.8 Å². The summed E-state index contributed by atoms with van der Waals surface area (Å²) in [7, 11) is 3.47. The highest BCUT2D eigenvalue weighted by Gasteiger charge is 2.25. The largest absolute Gasteiger partial charge is 0.427 e. The number of ether oxygens (including phenoxy) is 1. The van der Waals surface area contributed by atoms with Gasteiger partial charge in [0.2, 0.25) is 0 Å². The number of hydrogen-bond donors (Lipinski definition) is 0. The Morgan fingerprint density at radius 2 is 2.03 bits per heavy atom. The Kier molecular flexibility index (Phi) is 7.79. The van der Waals surface area contributed by atoms with E-state index in [1.165, 1.54) is 0 Å². The third-order valence-electron chi connectivity index (χ3n) is 5.45. The van der Waals surface area contributed by atoms with Crippen molar-refractivity contribution in [2.45, 2.75) is 59.9 Å². The predicted molar refractivity (Wildman–Crippen MR) is 112 cm³/mol. The molecule has 7 heteroatoms. The molecule has 2 aromatic heterocycles. The van der Waals surface area contributed by atoms with E-state index in [4.69, 9.17) is 9.15 Å². The van der Waals surface area contributed by atoms with Crippen LogP contribution in [0.2, 0.25) is 0 Å². The molecule has 0 spiro atoms. The summed E-state index contributed by atoms with van der Waals surface area (Å²) in [6, 6.07) is 1.82. The summed E-state index contributed by atoms with van der Waals surface area (Å²) < 4.78 is 12.5. The molecule has 0 bridgehead atoms. The second-order valence-corrected chi connectivity index (χ2v) is 7.68. The van der Waals surface area contributed by atoms with Crippen molar-refractivity contribution >= 4 is 5.91 Å². The molecule has 7 nitrogen and oxygen atoms in total. The van der Waals surface area contributed by atoms with Crippen LogP contribution >= 0.6 is 0 Å². The Morgan fingerprint density at radius 1 is 1.34 bits per heavy atom. The van der Waals surface area contributed by atoms with E-state index in [-0.39, 0.29) is 17.4 Å². The van der Waals surface area contributed by atoms with Gasteiger partial charge in [0.25, 0.3) is 5.91 Å². The van der Waals surface area contributed by atoms with Crippen molar-refractivity contribution in [1.82, 2.24) is 14.7 Å². The lowest BCUT2D eigenvalue weighted by Crippen LogP contribution is -2.37. The summed E-state index contributed by atoms with van der Waals surface area (Å²) in [6.07, 6.45) is 1.93. The Morgan fingerprint density at radius 3 is 2.55 bits per heavy atom. The van der Waals surface area contributed by atoms with Crippen molar-refractivity contribution in [2.75, 3.05) is 20.3 Å². The topological polar surface area (TPSA) is 77.6 Å². The maximum Gasteiger partial charge on any atom is 0.349 e. The molecule has 1 unspecified atom stereocenters. The monoisotopic (exact) mass is 403 g/mol. The van der Waals surface area contributed by atoms with Crippen molar-refractivity contribution in [3.05, 3.63) is 50.3 Å². The second kappa shape index (κ2) is 9.87. The lowest BCUT2D eigenvalue weighted by molar-refractivity contribution is 0.0674. The number of rotatable bonds is 9. The highest BCUT2D eigenvalue weighted by molar-refractivity contribution is 5.95. The van der Waals surface area contributed by atoms with Gasteiger partial charge in [-0.15, -0.1) is 0 Å². The van der Waals surface area contributed by atoms with Gasteiger partial charge in [-0.3, -0.25) is 9.48 Å². The van der Waals surface area contributed by atoms with Crippen LogP contribution in [0.5, 0.6) is 0 Å². The van der Waals surface area contributed by atoms with Crippen LogP contribution in [-0.4, -0.2) is 40.8 Å². The van der Waals surface area contributed by atoms with E-state index in [9.17, 15) is 9.59 Å². The zero-order valence-electron chi connectivity index (χ0n) is 18.7. The predicted octanol–water partition coefficient (Wildman–Crippen LogP) is 3.49. The Hall–Kier alpha value is -2.41. The summed E-state index contributed by atoms with van der Waals surface area (Å²) >= 11 is 0. The molecular formula is C22H33N3O4. The molecule has 2 aromatic rings. The number of carbonyl (C=O) groups is 1. The Bertz CT molecular complexity index is 914. The van der Waals surface area contributed by atoms with E-state index in [0.29, 0.717) is 31.0 Å². The molecule has 2 heterocycles. The minimum absolute atomic E-state index is 0.0905. The summed E-state index contributed by atoms with van der Waals surface area (Å²) in [4.78, 5) is 27.7. The van der Waals surface area contributed by atoms with Crippen LogP contribution in [0.3, 0.4) is 0 Å². The number of methoxy groups -OCH3 is 1. The van der Waals surface area contributed by atoms with Gasteiger partial charge in [-0.1, -0.05) is 20.3 Å². The molecule has 0 saturated carbocycles. The average Bonchev–Trinajstić information content (AvgIpc) is 2.90. The van der Waals surface area contributed by atoms with Gasteiger partial charge in [0.15, 0.2) is 0 Å². The van der Waals surface area contributed by atoms with Crippen LogP contribution in [0.15, 0.2) is 15.3 Å². The summed E-state index contributed by atoms with van der Waals surface area (Å²) in [5.41, 5.74) is 3.00. The quantitative estimate of drug-likeness (QED) is 0.640. The molecule has 0 aliphatic heterocycles. The Labute approximate surface area is 172 Å². The van der Waals surface area contributed by atoms with E-state index in [0.717, 1.165) is 29.8 Å². The van der Waals surface area contributed by atoms with Crippen LogP contribution in [0.4, 0.5) is 0 Å². The fourth-order valence-electron chi connectivity index (χ4n) is 3.56. The molecule has 2 rings (SSSR count). The molecule has 0 saturated heterocycles. The number of aryl methyl sites for hydroxylation is 3. The summed E-state index contributed by atoms with van der Waals surface area (Å²) in [6.45, 7) is 10.9.